The van der Waals surface area contributed by atoms with E-state index in [-0.39, 0.29) is 18.2 Å². The third kappa shape index (κ3) is 3.94. The van der Waals surface area contributed by atoms with Crippen LogP contribution < -0.4 is 0 Å². The van der Waals surface area contributed by atoms with Crippen molar-refractivity contribution in [2.24, 2.45) is 0 Å². The van der Waals surface area contributed by atoms with Gasteiger partial charge in [-0.1, -0.05) is 54.6 Å². The number of carbonyl (C=O) groups excluding carboxylic acids is 1. The topological polar surface area (TPSA) is 44.8 Å². The molecule has 1 unspecified atom stereocenters. The van der Waals surface area contributed by atoms with E-state index in [4.69, 9.17) is 14.0 Å². The predicted octanol–water partition coefficient (Wildman–Crippen LogP) is 4.63. The van der Waals surface area contributed by atoms with Crippen LogP contribution in [0.1, 0.15) is 45.5 Å². The molecule has 0 bridgehead atoms. The van der Waals surface area contributed by atoms with Gasteiger partial charge >= 0.3 is 13.1 Å². The van der Waals surface area contributed by atoms with E-state index in [2.05, 4.69) is 18.2 Å². The highest BCUT2D eigenvalue weighted by Gasteiger charge is 2.54. The number of rotatable bonds is 5. The standard InChI is InChI=1S/C22H27BO4/c1-21(2)22(3,4)27-23(26-21)19(15-20(24)25-5)18-14-10-9-13-17(18)16-11-7-6-8-12-16/h6-14,19H,15H2,1-5H3. The van der Waals surface area contributed by atoms with Crippen molar-refractivity contribution in [3.05, 3.63) is 60.2 Å². The summed E-state index contributed by atoms with van der Waals surface area (Å²) in [4.78, 5) is 12.2. The molecule has 0 spiro atoms. The van der Waals surface area contributed by atoms with Crippen molar-refractivity contribution >= 4 is 13.1 Å². The van der Waals surface area contributed by atoms with Crippen LogP contribution in [0.5, 0.6) is 0 Å². The number of ether oxygens (including phenoxy) is 1. The first-order valence-corrected chi connectivity index (χ1v) is 9.32. The third-order valence-electron chi connectivity index (χ3n) is 5.66. The summed E-state index contributed by atoms with van der Waals surface area (Å²) in [6.07, 6.45) is 0.192. The molecule has 4 nitrogen and oxygen atoms in total. The highest BCUT2D eigenvalue weighted by atomic mass is 16.7. The van der Waals surface area contributed by atoms with Gasteiger partial charge in [-0.05, 0) is 44.4 Å². The van der Waals surface area contributed by atoms with Crippen molar-refractivity contribution in [2.45, 2.75) is 51.1 Å². The Kier molecular flexibility index (Phi) is 5.45. The largest absolute Gasteiger partial charge is 0.469 e. The normalized spacial score (nSPS) is 18.9. The lowest BCUT2D eigenvalue weighted by Crippen LogP contribution is -2.41. The summed E-state index contributed by atoms with van der Waals surface area (Å²) in [5.41, 5.74) is 2.26. The van der Waals surface area contributed by atoms with Crippen LogP contribution >= 0.6 is 0 Å². The van der Waals surface area contributed by atoms with E-state index in [1.165, 1.54) is 7.11 Å². The lowest BCUT2D eigenvalue weighted by atomic mass is 9.64. The van der Waals surface area contributed by atoms with Crippen LogP contribution in [0.3, 0.4) is 0 Å². The van der Waals surface area contributed by atoms with E-state index in [0.717, 1.165) is 16.7 Å². The number of hydrogen-bond acceptors (Lipinski definition) is 4. The second-order valence-corrected chi connectivity index (χ2v) is 7.96. The molecular formula is C22H27BO4. The van der Waals surface area contributed by atoms with Crippen molar-refractivity contribution in [3.63, 3.8) is 0 Å². The molecule has 1 aliphatic rings. The Morgan fingerprint density at radius 1 is 0.963 bits per heavy atom. The molecule has 142 valence electrons. The first kappa shape index (κ1) is 19.7. The van der Waals surface area contributed by atoms with Crippen molar-refractivity contribution in [1.82, 2.24) is 0 Å². The molecule has 1 saturated heterocycles. The van der Waals surface area contributed by atoms with Crippen molar-refractivity contribution in [1.29, 1.82) is 0 Å². The smallest absolute Gasteiger partial charge is 0.466 e. The number of carbonyl (C=O) groups is 1. The SMILES string of the molecule is COC(=O)CC(B1OC(C)(C)C(C)(C)O1)c1ccccc1-c1ccccc1. The molecule has 1 atom stereocenters. The minimum Gasteiger partial charge on any atom is -0.469 e. The summed E-state index contributed by atoms with van der Waals surface area (Å²) >= 11 is 0. The van der Waals surface area contributed by atoms with E-state index < -0.39 is 18.3 Å². The fraction of sp³-hybridized carbons (Fsp3) is 0.409. The molecule has 3 rings (SSSR count). The van der Waals surface area contributed by atoms with E-state index in [0.29, 0.717) is 0 Å². The van der Waals surface area contributed by atoms with Gasteiger partial charge in [0, 0.05) is 5.82 Å². The van der Waals surface area contributed by atoms with E-state index >= 15 is 0 Å². The van der Waals surface area contributed by atoms with Gasteiger partial charge in [-0.3, -0.25) is 4.79 Å². The molecule has 0 aliphatic carbocycles. The zero-order valence-electron chi connectivity index (χ0n) is 16.7. The fourth-order valence-corrected chi connectivity index (χ4v) is 3.37. The Balaban J connectivity index is 2.04. The molecule has 27 heavy (non-hydrogen) atoms. The summed E-state index contributed by atoms with van der Waals surface area (Å²) < 4.78 is 17.5. The van der Waals surface area contributed by atoms with E-state index in [9.17, 15) is 4.79 Å². The quantitative estimate of drug-likeness (QED) is 0.572. The maximum Gasteiger partial charge on any atom is 0.466 e. The zero-order valence-corrected chi connectivity index (χ0v) is 16.7. The molecule has 1 heterocycles. The summed E-state index contributed by atoms with van der Waals surface area (Å²) in [5, 5.41) is 0. The average molecular weight is 366 g/mol. The molecule has 0 radical (unpaired) electrons. The highest BCUT2D eigenvalue weighted by Crippen LogP contribution is 2.43. The lowest BCUT2D eigenvalue weighted by Gasteiger charge is -2.32. The molecular weight excluding hydrogens is 339 g/mol. The zero-order chi connectivity index (χ0) is 19.7. The second-order valence-electron chi connectivity index (χ2n) is 7.96. The average Bonchev–Trinajstić information content (AvgIpc) is 2.87. The number of methoxy groups -OCH3 is 1. The van der Waals surface area contributed by atoms with Gasteiger partial charge in [-0.25, -0.2) is 0 Å². The van der Waals surface area contributed by atoms with E-state index in [1.54, 1.807) is 0 Å². The first-order valence-electron chi connectivity index (χ1n) is 9.32. The Bertz CT molecular complexity index is 785. The van der Waals surface area contributed by atoms with Crippen LogP contribution in [0, 0.1) is 0 Å². The summed E-state index contributed by atoms with van der Waals surface area (Å²) in [6.45, 7) is 8.08. The van der Waals surface area contributed by atoms with Gasteiger partial charge < -0.3 is 14.0 Å². The number of benzene rings is 2. The Morgan fingerprint density at radius 2 is 1.52 bits per heavy atom. The molecule has 1 fully saturated rings. The minimum absolute atomic E-state index is 0.192. The molecule has 2 aromatic rings. The highest BCUT2D eigenvalue weighted by molar-refractivity contribution is 6.48. The molecule has 0 amide bonds. The molecule has 1 aliphatic heterocycles. The minimum atomic E-state index is -0.529. The first-order chi connectivity index (χ1) is 12.7. The Hall–Kier alpha value is -2.11. The second kappa shape index (κ2) is 7.49. The maximum absolute atomic E-state index is 12.2. The van der Waals surface area contributed by atoms with Gasteiger partial charge in [-0.2, -0.15) is 0 Å². The van der Waals surface area contributed by atoms with Crippen molar-refractivity contribution < 1.29 is 18.8 Å². The van der Waals surface area contributed by atoms with Crippen LogP contribution in [0.15, 0.2) is 54.6 Å². The van der Waals surface area contributed by atoms with Gasteiger partial charge in [-0.15, -0.1) is 0 Å². The predicted molar refractivity (Wildman–Crippen MR) is 107 cm³/mol. The molecule has 5 heteroatoms. The van der Waals surface area contributed by atoms with Gasteiger partial charge in [0.25, 0.3) is 0 Å². The Morgan fingerprint density at radius 3 is 2.11 bits per heavy atom. The third-order valence-corrected chi connectivity index (χ3v) is 5.66. The monoisotopic (exact) mass is 366 g/mol. The van der Waals surface area contributed by atoms with Crippen LogP contribution in [0.25, 0.3) is 11.1 Å². The van der Waals surface area contributed by atoms with E-state index in [1.807, 2.05) is 64.1 Å². The number of esters is 1. The van der Waals surface area contributed by atoms with Gasteiger partial charge in [0.1, 0.15) is 0 Å². The summed E-state index contributed by atoms with van der Waals surface area (Å²) in [5.74, 6) is -0.549. The van der Waals surface area contributed by atoms with Crippen LogP contribution in [0.4, 0.5) is 0 Å². The lowest BCUT2D eigenvalue weighted by molar-refractivity contribution is -0.140. The van der Waals surface area contributed by atoms with Crippen molar-refractivity contribution in [3.8, 4) is 11.1 Å². The summed E-state index contributed by atoms with van der Waals surface area (Å²) in [6, 6.07) is 18.2. The molecule has 0 saturated carbocycles. The van der Waals surface area contributed by atoms with Gasteiger partial charge in [0.2, 0.25) is 0 Å². The summed E-state index contributed by atoms with van der Waals surface area (Å²) in [7, 11) is 0.881. The molecule has 0 aromatic heterocycles. The van der Waals surface area contributed by atoms with Crippen LogP contribution in [-0.4, -0.2) is 31.4 Å². The van der Waals surface area contributed by atoms with Crippen LogP contribution in [-0.2, 0) is 18.8 Å². The molecule has 2 aromatic carbocycles. The maximum atomic E-state index is 12.2. The number of hydrogen-bond donors (Lipinski definition) is 0. The fourth-order valence-electron chi connectivity index (χ4n) is 3.37. The van der Waals surface area contributed by atoms with Crippen molar-refractivity contribution in [2.75, 3.05) is 7.11 Å². The Labute approximate surface area is 162 Å². The molecule has 0 N–H and O–H groups in total. The van der Waals surface area contributed by atoms with Gasteiger partial charge in [0.05, 0.1) is 24.7 Å². The van der Waals surface area contributed by atoms with Gasteiger partial charge in [0.15, 0.2) is 0 Å². The van der Waals surface area contributed by atoms with Crippen LogP contribution in [0.2, 0.25) is 0 Å².